The maximum atomic E-state index is 13.7. The highest BCUT2D eigenvalue weighted by molar-refractivity contribution is 6.03. The van der Waals surface area contributed by atoms with Crippen LogP contribution in [0.4, 0.5) is 5.69 Å². The molecule has 1 aromatic rings. The van der Waals surface area contributed by atoms with Gasteiger partial charge in [0.25, 0.3) is 0 Å². The number of amides is 3. The average molecular weight is 458 g/mol. The van der Waals surface area contributed by atoms with Crippen molar-refractivity contribution in [2.75, 3.05) is 25.0 Å². The van der Waals surface area contributed by atoms with Crippen LogP contribution in [-0.2, 0) is 19.1 Å². The van der Waals surface area contributed by atoms with Gasteiger partial charge < -0.3 is 25.4 Å². The number of carbonyl (C=O) groups excluding carboxylic acids is 3. The van der Waals surface area contributed by atoms with Crippen LogP contribution >= 0.6 is 0 Å². The van der Waals surface area contributed by atoms with E-state index in [1.165, 1.54) is 0 Å². The molecule has 1 spiro atoms. The largest absolute Gasteiger partial charge is 0.396 e. The fourth-order valence-electron chi connectivity index (χ4n) is 5.83. The molecule has 33 heavy (non-hydrogen) atoms. The van der Waals surface area contributed by atoms with Gasteiger partial charge in [0.1, 0.15) is 11.6 Å². The summed E-state index contributed by atoms with van der Waals surface area (Å²) in [6, 6.07) is 5.06. The molecule has 1 aromatic carbocycles. The first-order chi connectivity index (χ1) is 15.8. The van der Waals surface area contributed by atoms with Crippen LogP contribution in [0.3, 0.4) is 0 Å². The van der Waals surface area contributed by atoms with Gasteiger partial charge in [0.2, 0.25) is 17.7 Å². The lowest BCUT2D eigenvalue weighted by Crippen LogP contribution is -2.53. The van der Waals surface area contributed by atoms with Crippen LogP contribution in [0.1, 0.15) is 50.2 Å². The van der Waals surface area contributed by atoms with Gasteiger partial charge >= 0.3 is 0 Å². The third kappa shape index (κ3) is 4.04. The Labute approximate surface area is 195 Å². The second-order valence-electron chi connectivity index (χ2n) is 9.62. The molecule has 2 unspecified atom stereocenters. The number of fused-ring (bicyclic) bond motifs is 1. The summed E-state index contributed by atoms with van der Waals surface area (Å²) in [7, 11) is 0. The number of ether oxygens (including phenoxy) is 1. The summed E-state index contributed by atoms with van der Waals surface area (Å²) in [6.45, 7) is 6.80. The molecule has 180 valence electrons. The number of hydrogen-bond acceptors (Lipinski definition) is 5. The van der Waals surface area contributed by atoms with Crippen molar-refractivity contribution in [1.29, 1.82) is 0 Å². The third-order valence-electron chi connectivity index (χ3n) is 7.36. The first kappa shape index (κ1) is 23.7. The molecular formula is C25H35N3O5. The van der Waals surface area contributed by atoms with Crippen LogP contribution in [0.25, 0.3) is 0 Å². The van der Waals surface area contributed by atoms with Gasteiger partial charge in [-0.25, -0.2) is 0 Å². The van der Waals surface area contributed by atoms with Crippen molar-refractivity contribution < 1.29 is 24.2 Å². The van der Waals surface area contributed by atoms with Gasteiger partial charge in [-0.3, -0.25) is 14.4 Å². The molecule has 0 aromatic heterocycles. The number of benzene rings is 1. The molecule has 3 aliphatic rings. The Morgan fingerprint density at radius 3 is 2.76 bits per heavy atom. The number of hydrogen-bond donors (Lipinski definition) is 3. The van der Waals surface area contributed by atoms with Crippen molar-refractivity contribution in [3.8, 4) is 0 Å². The monoisotopic (exact) mass is 457 g/mol. The molecule has 3 heterocycles. The molecule has 4 rings (SSSR count). The van der Waals surface area contributed by atoms with Gasteiger partial charge in [-0.15, -0.1) is 0 Å². The molecule has 8 nitrogen and oxygen atoms in total. The second kappa shape index (κ2) is 9.43. The average Bonchev–Trinajstić information content (AvgIpc) is 3.42. The van der Waals surface area contributed by atoms with E-state index in [0.29, 0.717) is 44.5 Å². The van der Waals surface area contributed by atoms with E-state index < -0.39 is 23.5 Å². The molecule has 2 bridgehead atoms. The van der Waals surface area contributed by atoms with Gasteiger partial charge in [0.15, 0.2) is 0 Å². The summed E-state index contributed by atoms with van der Waals surface area (Å²) in [4.78, 5) is 42.0. The smallest absolute Gasteiger partial charge is 0.250 e. The number of carbonyl (C=O) groups is 3. The van der Waals surface area contributed by atoms with Crippen LogP contribution in [-0.4, -0.2) is 65.2 Å². The molecule has 3 aliphatic heterocycles. The molecule has 3 fully saturated rings. The summed E-state index contributed by atoms with van der Waals surface area (Å²) in [6.07, 6.45) is 2.82. The number of nitrogens with one attached hydrogen (secondary N) is 2. The van der Waals surface area contributed by atoms with Crippen molar-refractivity contribution in [1.82, 2.24) is 10.2 Å². The number of rotatable bonds is 9. The Balaban J connectivity index is 1.66. The number of unbranched alkanes of at least 4 members (excludes halogenated alkanes) is 1. The Morgan fingerprint density at radius 2 is 2.03 bits per heavy atom. The predicted octanol–water partition coefficient (Wildman–Crippen LogP) is 1.92. The Kier molecular flexibility index (Phi) is 6.77. The van der Waals surface area contributed by atoms with Crippen molar-refractivity contribution in [3.63, 3.8) is 0 Å². The fourth-order valence-corrected chi connectivity index (χ4v) is 5.83. The van der Waals surface area contributed by atoms with Crippen LogP contribution in [0.2, 0.25) is 0 Å². The molecule has 5 atom stereocenters. The Bertz CT molecular complexity index is 935. The molecule has 0 aliphatic carbocycles. The minimum absolute atomic E-state index is 0.0244. The molecule has 3 saturated heterocycles. The number of likely N-dealkylation sites (tertiary alicyclic amines) is 1. The van der Waals surface area contributed by atoms with E-state index in [2.05, 4.69) is 10.6 Å². The van der Waals surface area contributed by atoms with Gasteiger partial charge in [0, 0.05) is 25.4 Å². The topological polar surface area (TPSA) is 108 Å². The highest BCUT2D eigenvalue weighted by Crippen LogP contribution is 2.58. The van der Waals surface area contributed by atoms with E-state index in [1.807, 2.05) is 39.0 Å². The van der Waals surface area contributed by atoms with E-state index in [-0.39, 0.29) is 30.4 Å². The molecule has 8 heteroatoms. The Hall–Kier alpha value is -2.45. The minimum atomic E-state index is -0.989. The van der Waals surface area contributed by atoms with Crippen LogP contribution < -0.4 is 10.6 Å². The Morgan fingerprint density at radius 1 is 1.24 bits per heavy atom. The van der Waals surface area contributed by atoms with Crippen molar-refractivity contribution in [2.45, 2.75) is 70.6 Å². The zero-order valence-electron chi connectivity index (χ0n) is 19.7. The van der Waals surface area contributed by atoms with E-state index >= 15 is 0 Å². The maximum Gasteiger partial charge on any atom is 0.250 e. The number of aliphatic hydroxyl groups is 1. The number of nitrogens with zero attached hydrogens (tertiary/aromatic N) is 1. The number of aryl methyl sites for hydroxylation is 2. The van der Waals surface area contributed by atoms with Crippen LogP contribution in [0, 0.1) is 25.7 Å². The maximum absolute atomic E-state index is 13.7. The molecular weight excluding hydrogens is 422 g/mol. The minimum Gasteiger partial charge on any atom is -0.396 e. The quantitative estimate of drug-likeness (QED) is 0.491. The van der Waals surface area contributed by atoms with E-state index in [0.717, 1.165) is 17.5 Å². The van der Waals surface area contributed by atoms with Crippen molar-refractivity contribution in [2.24, 2.45) is 11.8 Å². The lowest BCUT2D eigenvalue weighted by molar-refractivity contribution is -0.140. The summed E-state index contributed by atoms with van der Waals surface area (Å²) in [5.41, 5.74) is 1.69. The lowest BCUT2D eigenvalue weighted by atomic mass is 9.70. The number of anilines is 1. The first-order valence-electron chi connectivity index (χ1n) is 12.1. The van der Waals surface area contributed by atoms with E-state index in [9.17, 15) is 19.5 Å². The van der Waals surface area contributed by atoms with Gasteiger partial charge in [0.05, 0.1) is 17.9 Å². The summed E-state index contributed by atoms with van der Waals surface area (Å²) >= 11 is 0. The molecule has 0 radical (unpaired) electrons. The van der Waals surface area contributed by atoms with Crippen LogP contribution in [0.5, 0.6) is 0 Å². The van der Waals surface area contributed by atoms with E-state index in [4.69, 9.17) is 4.74 Å². The lowest BCUT2D eigenvalue weighted by Gasteiger charge is -2.33. The van der Waals surface area contributed by atoms with E-state index in [1.54, 1.807) is 4.90 Å². The predicted molar refractivity (Wildman–Crippen MR) is 123 cm³/mol. The zero-order chi connectivity index (χ0) is 23.8. The fraction of sp³-hybridized carbons (Fsp3) is 0.640. The summed E-state index contributed by atoms with van der Waals surface area (Å²) in [5, 5.41) is 15.2. The molecule has 3 N–H and O–H groups in total. The van der Waals surface area contributed by atoms with Crippen molar-refractivity contribution in [3.05, 3.63) is 29.3 Å². The van der Waals surface area contributed by atoms with Crippen LogP contribution in [0.15, 0.2) is 18.2 Å². The number of aliphatic hydroxyl groups excluding tert-OH is 1. The zero-order valence-corrected chi connectivity index (χ0v) is 19.7. The SMILES string of the molecule is CCCNC(=O)[C@@H]1[C@H]2C(=O)N(CCCCO)C(C(=O)Nc3cc(C)ccc3C)C23CC[C@H]1O3. The highest BCUT2D eigenvalue weighted by atomic mass is 16.5. The summed E-state index contributed by atoms with van der Waals surface area (Å²) < 4.78 is 6.40. The normalized spacial score (nSPS) is 29.9. The highest BCUT2D eigenvalue weighted by Gasteiger charge is 2.74. The third-order valence-corrected chi connectivity index (χ3v) is 7.36. The van der Waals surface area contributed by atoms with Gasteiger partial charge in [-0.1, -0.05) is 19.1 Å². The van der Waals surface area contributed by atoms with Gasteiger partial charge in [-0.05, 0) is 63.1 Å². The van der Waals surface area contributed by atoms with Gasteiger partial charge in [-0.2, -0.15) is 0 Å². The first-order valence-corrected chi connectivity index (χ1v) is 12.1. The standard InChI is InChI=1S/C25H35N3O5/c1-4-11-26-22(30)19-18-9-10-25(33-18)20(19)24(32)28(12-5-6-13-29)21(25)23(31)27-17-14-15(2)7-8-16(17)3/h7-8,14,18-21,29H,4-6,9-13H2,1-3H3,(H,26,30)(H,27,31)/t18-,19+,20+,21?,25?/m1/s1. The van der Waals surface area contributed by atoms with Crippen molar-refractivity contribution >= 4 is 23.4 Å². The molecule has 0 saturated carbocycles. The summed E-state index contributed by atoms with van der Waals surface area (Å²) in [5.74, 6) is -1.85. The second-order valence-corrected chi connectivity index (χ2v) is 9.62. The molecule has 3 amide bonds.